The quantitative estimate of drug-likeness (QED) is 0.662. The molecule has 2 aromatic carbocycles. The molecule has 1 N–H and O–H groups in total. The molecule has 0 unspecified atom stereocenters. The zero-order valence-electron chi connectivity index (χ0n) is 16.0. The number of rotatable bonds is 7. The lowest BCUT2D eigenvalue weighted by Crippen LogP contribution is -2.44. The van der Waals surface area contributed by atoms with E-state index in [2.05, 4.69) is 5.32 Å². The average Bonchev–Trinajstić information content (AvgIpc) is 2.71. The Kier molecular flexibility index (Phi) is 7.57. The van der Waals surface area contributed by atoms with Gasteiger partial charge < -0.3 is 5.32 Å². The fourth-order valence-electron chi connectivity index (χ4n) is 3.48. The van der Waals surface area contributed by atoms with Crippen molar-refractivity contribution in [3.8, 4) is 0 Å². The topological polar surface area (TPSA) is 66.5 Å². The molecule has 1 aliphatic carbocycles. The van der Waals surface area contributed by atoms with Crippen molar-refractivity contribution in [3.05, 3.63) is 64.1 Å². The van der Waals surface area contributed by atoms with Crippen LogP contribution in [-0.2, 0) is 21.4 Å². The second kappa shape index (κ2) is 9.94. The molecule has 29 heavy (non-hydrogen) atoms. The lowest BCUT2D eigenvalue weighted by Gasteiger charge is -2.26. The van der Waals surface area contributed by atoms with Gasteiger partial charge in [-0.15, -0.1) is 0 Å². The summed E-state index contributed by atoms with van der Waals surface area (Å²) in [5, 5.41) is 3.41. The van der Waals surface area contributed by atoms with Crippen LogP contribution in [0.25, 0.3) is 0 Å². The second-order valence-electron chi connectivity index (χ2n) is 7.24. The third-order valence-electron chi connectivity index (χ3n) is 5.02. The molecule has 8 heteroatoms. The molecule has 1 aliphatic rings. The first-order valence-electron chi connectivity index (χ1n) is 9.65. The monoisotopic (exact) mass is 454 g/mol. The highest BCUT2D eigenvalue weighted by Crippen LogP contribution is 2.27. The van der Waals surface area contributed by atoms with E-state index in [-0.39, 0.29) is 40.0 Å². The minimum atomic E-state index is -3.94. The van der Waals surface area contributed by atoms with Crippen LogP contribution < -0.4 is 5.32 Å². The Bertz CT molecular complexity index is 946. The molecule has 3 rings (SSSR count). The van der Waals surface area contributed by atoms with E-state index in [0.717, 1.165) is 31.2 Å². The smallest absolute Gasteiger partial charge is 0.243 e. The molecular weight excluding hydrogens is 431 g/mol. The number of nitrogens with zero attached hydrogens (tertiary/aromatic N) is 1. The van der Waals surface area contributed by atoms with E-state index in [1.165, 1.54) is 28.9 Å². The standard InChI is InChI=1S/C21H24Cl2N2O3S/c22-19-12-11-18(13-20(19)23)29(27,28)25(14-16-7-3-1-4-8-16)15-21(26)24-17-9-5-2-6-10-17/h1,3-4,7-8,11-13,17H,2,5-6,9-10,14-15H2,(H,24,26). The minimum absolute atomic E-state index is 0.00768. The van der Waals surface area contributed by atoms with Crippen molar-refractivity contribution in [2.45, 2.75) is 49.6 Å². The van der Waals surface area contributed by atoms with Crippen LogP contribution >= 0.6 is 23.2 Å². The summed E-state index contributed by atoms with van der Waals surface area (Å²) < 4.78 is 27.7. The van der Waals surface area contributed by atoms with Gasteiger partial charge in [0.1, 0.15) is 0 Å². The van der Waals surface area contributed by atoms with Gasteiger partial charge in [-0.05, 0) is 36.6 Å². The summed E-state index contributed by atoms with van der Waals surface area (Å²) in [7, 11) is -3.94. The molecule has 0 saturated heterocycles. The normalized spacial score (nSPS) is 15.4. The van der Waals surface area contributed by atoms with Gasteiger partial charge in [0.05, 0.1) is 21.5 Å². The van der Waals surface area contributed by atoms with Crippen LogP contribution in [0.5, 0.6) is 0 Å². The van der Waals surface area contributed by atoms with E-state index in [1.54, 1.807) is 0 Å². The van der Waals surface area contributed by atoms with Crippen LogP contribution in [0.2, 0.25) is 10.0 Å². The van der Waals surface area contributed by atoms with Gasteiger partial charge in [-0.3, -0.25) is 4.79 Å². The maximum absolute atomic E-state index is 13.3. The molecule has 0 bridgehead atoms. The van der Waals surface area contributed by atoms with Crippen molar-refractivity contribution in [3.63, 3.8) is 0 Å². The summed E-state index contributed by atoms with van der Waals surface area (Å²) in [5.41, 5.74) is 0.793. The number of nitrogens with one attached hydrogen (secondary N) is 1. The van der Waals surface area contributed by atoms with E-state index < -0.39 is 10.0 Å². The molecule has 0 heterocycles. The number of carbonyl (C=O) groups excluding carboxylic acids is 1. The molecule has 2 aromatic rings. The summed E-state index contributed by atoms with van der Waals surface area (Å²) >= 11 is 12.0. The Morgan fingerprint density at radius 2 is 1.69 bits per heavy atom. The molecule has 5 nitrogen and oxygen atoms in total. The van der Waals surface area contributed by atoms with Crippen LogP contribution in [0.15, 0.2) is 53.4 Å². The maximum atomic E-state index is 13.3. The molecule has 1 saturated carbocycles. The van der Waals surface area contributed by atoms with Gasteiger partial charge in [-0.1, -0.05) is 72.8 Å². The van der Waals surface area contributed by atoms with Crippen molar-refractivity contribution in [2.75, 3.05) is 6.54 Å². The number of hydrogen-bond acceptors (Lipinski definition) is 3. The van der Waals surface area contributed by atoms with Crippen LogP contribution in [0.1, 0.15) is 37.7 Å². The molecule has 0 spiro atoms. The Hall–Kier alpha value is -1.60. The lowest BCUT2D eigenvalue weighted by atomic mass is 9.95. The first-order chi connectivity index (χ1) is 13.9. The third-order valence-corrected chi connectivity index (χ3v) is 7.55. The van der Waals surface area contributed by atoms with E-state index in [0.29, 0.717) is 0 Å². The molecule has 0 aromatic heterocycles. The van der Waals surface area contributed by atoms with E-state index in [1.807, 2.05) is 30.3 Å². The van der Waals surface area contributed by atoms with Gasteiger partial charge in [-0.2, -0.15) is 4.31 Å². The van der Waals surface area contributed by atoms with Crippen molar-refractivity contribution in [2.24, 2.45) is 0 Å². The van der Waals surface area contributed by atoms with Crippen molar-refractivity contribution in [1.82, 2.24) is 9.62 Å². The molecule has 1 amide bonds. The first kappa shape index (κ1) is 22.1. The highest BCUT2D eigenvalue weighted by molar-refractivity contribution is 7.89. The number of carbonyl (C=O) groups is 1. The Labute approximate surface area is 182 Å². The molecule has 156 valence electrons. The fraction of sp³-hybridized carbons (Fsp3) is 0.381. The number of halogens is 2. The predicted octanol–water partition coefficient (Wildman–Crippen LogP) is 4.63. The summed E-state index contributed by atoms with van der Waals surface area (Å²) in [5.74, 6) is -0.295. The van der Waals surface area contributed by atoms with Gasteiger partial charge in [0, 0.05) is 12.6 Å². The van der Waals surface area contributed by atoms with E-state index in [9.17, 15) is 13.2 Å². The maximum Gasteiger partial charge on any atom is 0.243 e. The van der Waals surface area contributed by atoms with Crippen LogP contribution in [0.4, 0.5) is 0 Å². The van der Waals surface area contributed by atoms with Gasteiger partial charge in [-0.25, -0.2) is 8.42 Å². The Morgan fingerprint density at radius 1 is 1.00 bits per heavy atom. The summed E-state index contributed by atoms with van der Waals surface area (Å²) in [6.07, 6.45) is 5.21. The molecule has 0 atom stereocenters. The van der Waals surface area contributed by atoms with Crippen molar-refractivity contribution >= 4 is 39.1 Å². The number of sulfonamides is 1. The summed E-state index contributed by atoms with van der Waals surface area (Å²) in [6.45, 7) is -0.171. The largest absolute Gasteiger partial charge is 0.352 e. The van der Waals surface area contributed by atoms with Gasteiger partial charge in [0.2, 0.25) is 15.9 Å². The Balaban J connectivity index is 1.83. The predicted molar refractivity (Wildman–Crippen MR) is 116 cm³/mol. The molecule has 0 aliphatic heterocycles. The molecule has 0 radical (unpaired) electrons. The molecular formula is C21H24Cl2N2O3S. The van der Waals surface area contributed by atoms with E-state index >= 15 is 0 Å². The Morgan fingerprint density at radius 3 is 2.34 bits per heavy atom. The van der Waals surface area contributed by atoms with Gasteiger partial charge in [0.15, 0.2) is 0 Å². The summed E-state index contributed by atoms with van der Waals surface area (Å²) in [4.78, 5) is 12.7. The van der Waals surface area contributed by atoms with Gasteiger partial charge >= 0.3 is 0 Å². The zero-order chi connectivity index (χ0) is 20.9. The van der Waals surface area contributed by atoms with Crippen LogP contribution in [0.3, 0.4) is 0 Å². The fourth-order valence-corrected chi connectivity index (χ4v) is 5.25. The SMILES string of the molecule is O=C(CN(Cc1ccccc1)S(=O)(=O)c1ccc(Cl)c(Cl)c1)NC1CCCCC1. The van der Waals surface area contributed by atoms with Crippen LogP contribution in [0, 0.1) is 0 Å². The highest BCUT2D eigenvalue weighted by Gasteiger charge is 2.28. The van der Waals surface area contributed by atoms with Gasteiger partial charge in [0.25, 0.3) is 0 Å². The second-order valence-corrected chi connectivity index (χ2v) is 9.99. The van der Waals surface area contributed by atoms with Crippen molar-refractivity contribution < 1.29 is 13.2 Å². The van der Waals surface area contributed by atoms with E-state index in [4.69, 9.17) is 23.2 Å². The summed E-state index contributed by atoms with van der Waals surface area (Å²) in [6, 6.07) is 13.5. The number of hydrogen-bond donors (Lipinski definition) is 1. The lowest BCUT2D eigenvalue weighted by molar-refractivity contribution is -0.122. The average molecular weight is 455 g/mol. The number of benzene rings is 2. The minimum Gasteiger partial charge on any atom is -0.352 e. The number of amides is 1. The van der Waals surface area contributed by atoms with Crippen LogP contribution in [-0.4, -0.2) is 31.2 Å². The van der Waals surface area contributed by atoms with Crippen molar-refractivity contribution in [1.29, 1.82) is 0 Å². The highest BCUT2D eigenvalue weighted by atomic mass is 35.5. The zero-order valence-corrected chi connectivity index (χ0v) is 18.3. The first-order valence-corrected chi connectivity index (χ1v) is 11.8. The third kappa shape index (κ3) is 5.95. The molecule has 1 fully saturated rings.